The van der Waals surface area contributed by atoms with Gasteiger partial charge in [0.1, 0.15) is 5.92 Å². The minimum absolute atomic E-state index is 0.143. The summed E-state index contributed by atoms with van der Waals surface area (Å²) in [7, 11) is 0. The Balaban J connectivity index is 3.27. The van der Waals surface area contributed by atoms with Crippen LogP contribution in [-0.4, -0.2) is 39.3 Å². The van der Waals surface area contributed by atoms with Crippen LogP contribution >= 0.6 is 0 Å². The monoisotopic (exact) mass is 352 g/mol. The van der Waals surface area contributed by atoms with E-state index >= 15 is 0 Å². The summed E-state index contributed by atoms with van der Waals surface area (Å²) in [6.07, 6.45) is 1.37. The van der Waals surface area contributed by atoms with Crippen LogP contribution in [-0.2, 0) is 14.4 Å². The van der Waals surface area contributed by atoms with E-state index in [4.69, 9.17) is 0 Å². The van der Waals surface area contributed by atoms with Gasteiger partial charge in [0.2, 0.25) is 0 Å². The molecular weight excluding hydrogens is 320 g/mol. The maximum Gasteiger partial charge on any atom is 0.185 e. The summed E-state index contributed by atoms with van der Waals surface area (Å²) in [6, 6.07) is 0. The van der Waals surface area contributed by atoms with Crippen molar-refractivity contribution in [2.45, 2.75) is 72.5 Å². The number of rotatable bonds is 8. The maximum atomic E-state index is 12.9. The SMILES string of the molecule is CC(C)=CCC1C(=O)C(C(=O)C(C)C)C(=O)C1(O)C(O)CCC(C)C. The van der Waals surface area contributed by atoms with Crippen molar-refractivity contribution in [3.63, 3.8) is 0 Å². The van der Waals surface area contributed by atoms with Crippen LogP contribution in [0.15, 0.2) is 11.6 Å². The third kappa shape index (κ3) is 4.45. The number of carbonyl (C=O) groups is 3. The van der Waals surface area contributed by atoms with Crippen molar-refractivity contribution in [1.29, 1.82) is 0 Å². The van der Waals surface area contributed by atoms with Crippen LogP contribution in [0.2, 0.25) is 0 Å². The number of aliphatic hydroxyl groups excluding tert-OH is 1. The second-order valence-corrected chi connectivity index (χ2v) is 8.14. The molecule has 142 valence electrons. The van der Waals surface area contributed by atoms with Crippen LogP contribution in [0.25, 0.3) is 0 Å². The van der Waals surface area contributed by atoms with Crippen molar-refractivity contribution in [2.75, 3.05) is 0 Å². The number of allylic oxidation sites excluding steroid dienone is 2. The highest BCUT2D eigenvalue weighted by atomic mass is 16.4. The quantitative estimate of drug-likeness (QED) is 0.517. The summed E-state index contributed by atoms with van der Waals surface area (Å²) >= 11 is 0. The molecule has 0 saturated heterocycles. The summed E-state index contributed by atoms with van der Waals surface area (Å²) in [5, 5.41) is 21.6. The van der Waals surface area contributed by atoms with Gasteiger partial charge >= 0.3 is 0 Å². The number of carbonyl (C=O) groups excluding carboxylic acids is 3. The fraction of sp³-hybridized carbons (Fsp3) is 0.750. The Kier molecular flexibility index (Phi) is 7.27. The Morgan fingerprint density at radius 2 is 1.72 bits per heavy atom. The lowest BCUT2D eigenvalue weighted by Crippen LogP contribution is -2.52. The standard InChI is InChI=1S/C20H32O5/c1-11(2)7-9-14-18(23)16(17(22)13(5)6)19(24)20(14,25)15(21)10-8-12(3)4/h7,12-16,21,25H,8-10H2,1-6H3. The number of hydrogen-bond donors (Lipinski definition) is 2. The van der Waals surface area contributed by atoms with Crippen molar-refractivity contribution in [3.8, 4) is 0 Å². The van der Waals surface area contributed by atoms with Gasteiger partial charge in [-0.3, -0.25) is 14.4 Å². The number of ketones is 3. The zero-order valence-corrected chi connectivity index (χ0v) is 16.2. The molecule has 0 bridgehead atoms. The summed E-state index contributed by atoms with van der Waals surface area (Å²) in [5.74, 6) is -4.62. The van der Waals surface area contributed by atoms with E-state index in [1.54, 1.807) is 19.9 Å². The van der Waals surface area contributed by atoms with Crippen LogP contribution in [0.5, 0.6) is 0 Å². The molecule has 0 spiro atoms. The molecule has 2 N–H and O–H groups in total. The number of hydrogen-bond acceptors (Lipinski definition) is 5. The van der Waals surface area contributed by atoms with Gasteiger partial charge in [0, 0.05) is 5.92 Å². The molecule has 5 nitrogen and oxygen atoms in total. The largest absolute Gasteiger partial charge is 0.390 e. The van der Waals surface area contributed by atoms with E-state index in [0.717, 1.165) is 5.57 Å². The molecule has 1 aliphatic rings. The van der Waals surface area contributed by atoms with Gasteiger partial charge in [-0.2, -0.15) is 0 Å². The Bertz CT molecular complexity index is 556. The van der Waals surface area contributed by atoms with Crippen LogP contribution in [0.4, 0.5) is 0 Å². The molecule has 1 aliphatic carbocycles. The fourth-order valence-corrected chi connectivity index (χ4v) is 3.31. The zero-order chi connectivity index (χ0) is 19.5. The van der Waals surface area contributed by atoms with Crippen LogP contribution in [0, 0.1) is 23.7 Å². The zero-order valence-electron chi connectivity index (χ0n) is 16.2. The smallest absolute Gasteiger partial charge is 0.185 e. The second-order valence-electron chi connectivity index (χ2n) is 8.14. The van der Waals surface area contributed by atoms with Gasteiger partial charge < -0.3 is 10.2 Å². The third-order valence-corrected chi connectivity index (χ3v) is 4.96. The lowest BCUT2D eigenvalue weighted by molar-refractivity contribution is -0.157. The molecule has 0 amide bonds. The van der Waals surface area contributed by atoms with Crippen molar-refractivity contribution in [3.05, 3.63) is 11.6 Å². The maximum absolute atomic E-state index is 12.9. The molecule has 4 atom stereocenters. The van der Waals surface area contributed by atoms with E-state index in [2.05, 4.69) is 0 Å². The molecule has 4 unspecified atom stereocenters. The van der Waals surface area contributed by atoms with E-state index in [1.165, 1.54) is 0 Å². The molecule has 0 heterocycles. The van der Waals surface area contributed by atoms with E-state index in [1.807, 2.05) is 27.7 Å². The highest BCUT2D eigenvalue weighted by molar-refractivity contribution is 6.27. The van der Waals surface area contributed by atoms with Gasteiger partial charge in [-0.05, 0) is 39.0 Å². The summed E-state index contributed by atoms with van der Waals surface area (Å²) in [6.45, 7) is 10.9. The summed E-state index contributed by atoms with van der Waals surface area (Å²) < 4.78 is 0. The van der Waals surface area contributed by atoms with Crippen LogP contribution in [0.1, 0.15) is 60.8 Å². The molecule has 0 aliphatic heterocycles. The van der Waals surface area contributed by atoms with Crippen LogP contribution in [0.3, 0.4) is 0 Å². The second kappa shape index (κ2) is 8.37. The predicted octanol–water partition coefficient (Wildman–Crippen LogP) is 2.48. The van der Waals surface area contributed by atoms with Gasteiger partial charge in [0.25, 0.3) is 0 Å². The molecule has 0 radical (unpaired) electrons. The highest BCUT2D eigenvalue weighted by Gasteiger charge is 2.63. The lowest BCUT2D eigenvalue weighted by Gasteiger charge is -2.32. The molecule has 1 saturated carbocycles. The minimum Gasteiger partial charge on any atom is -0.390 e. The topological polar surface area (TPSA) is 91.7 Å². The van der Waals surface area contributed by atoms with Gasteiger partial charge in [0.15, 0.2) is 23.0 Å². The first-order valence-corrected chi connectivity index (χ1v) is 9.10. The number of aliphatic hydroxyl groups is 2. The minimum atomic E-state index is -2.19. The Morgan fingerprint density at radius 1 is 1.16 bits per heavy atom. The molecule has 0 aromatic rings. The van der Waals surface area contributed by atoms with Crippen molar-refractivity contribution in [1.82, 2.24) is 0 Å². The lowest BCUT2D eigenvalue weighted by atomic mass is 9.79. The van der Waals surface area contributed by atoms with E-state index in [9.17, 15) is 24.6 Å². The molecular formula is C20H32O5. The number of Topliss-reactive ketones (excluding diaryl/α,β-unsaturated/α-hetero) is 3. The fourth-order valence-electron chi connectivity index (χ4n) is 3.31. The Labute approximate surface area is 150 Å². The first-order chi connectivity index (χ1) is 11.4. The summed E-state index contributed by atoms with van der Waals surface area (Å²) in [5.41, 5.74) is -1.24. The molecule has 1 rings (SSSR count). The first kappa shape index (κ1) is 21.7. The van der Waals surface area contributed by atoms with Crippen molar-refractivity contribution >= 4 is 17.3 Å². The molecule has 25 heavy (non-hydrogen) atoms. The van der Waals surface area contributed by atoms with Crippen LogP contribution < -0.4 is 0 Å². The molecule has 0 aromatic carbocycles. The Morgan fingerprint density at radius 3 is 2.16 bits per heavy atom. The average molecular weight is 352 g/mol. The van der Waals surface area contributed by atoms with Crippen molar-refractivity contribution < 1.29 is 24.6 Å². The van der Waals surface area contributed by atoms with E-state index in [-0.39, 0.29) is 18.8 Å². The predicted molar refractivity (Wildman–Crippen MR) is 95.9 cm³/mol. The highest BCUT2D eigenvalue weighted by Crippen LogP contribution is 2.41. The summed E-state index contributed by atoms with van der Waals surface area (Å²) in [4.78, 5) is 38.0. The Hall–Kier alpha value is -1.33. The van der Waals surface area contributed by atoms with E-state index in [0.29, 0.717) is 6.42 Å². The van der Waals surface area contributed by atoms with E-state index < -0.39 is 46.8 Å². The van der Waals surface area contributed by atoms with Gasteiger partial charge in [-0.1, -0.05) is 39.3 Å². The molecule has 0 aromatic heterocycles. The molecule has 5 heteroatoms. The first-order valence-electron chi connectivity index (χ1n) is 9.10. The van der Waals surface area contributed by atoms with Gasteiger partial charge in [-0.25, -0.2) is 0 Å². The van der Waals surface area contributed by atoms with Crippen molar-refractivity contribution in [2.24, 2.45) is 23.7 Å². The van der Waals surface area contributed by atoms with Gasteiger partial charge in [-0.15, -0.1) is 0 Å². The normalized spacial score (nSPS) is 27.9. The average Bonchev–Trinajstić information content (AvgIpc) is 2.69. The van der Waals surface area contributed by atoms with Gasteiger partial charge in [0.05, 0.1) is 12.0 Å². The molecule has 1 fully saturated rings. The third-order valence-electron chi connectivity index (χ3n) is 4.96.